The zero-order valence-electron chi connectivity index (χ0n) is 19.8. The summed E-state index contributed by atoms with van der Waals surface area (Å²) in [6, 6.07) is 15.5. The summed E-state index contributed by atoms with van der Waals surface area (Å²) in [6.45, 7) is 9.83. The van der Waals surface area contributed by atoms with E-state index in [4.69, 9.17) is 4.74 Å². The second kappa shape index (κ2) is 9.39. The number of benzene rings is 2. The molecule has 3 aromatic rings. The molecule has 0 aliphatic rings. The van der Waals surface area contributed by atoms with Crippen molar-refractivity contribution in [1.29, 1.82) is 0 Å². The summed E-state index contributed by atoms with van der Waals surface area (Å²) in [5.74, 6) is 4.39. The summed E-state index contributed by atoms with van der Waals surface area (Å²) < 4.78 is 18.7. The van der Waals surface area contributed by atoms with Gasteiger partial charge in [-0.15, -0.1) is 0 Å². The van der Waals surface area contributed by atoms with Gasteiger partial charge in [0.05, 0.1) is 11.9 Å². The number of aromatic amines is 1. The van der Waals surface area contributed by atoms with E-state index in [1.807, 2.05) is 83.1 Å². The molecule has 2 aromatic carbocycles. The molecule has 176 valence electrons. The van der Waals surface area contributed by atoms with Gasteiger partial charge in [-0.3, -0.25) is 4.21 Å². The van der Waals surface area contributed by atoms with Crippen LogP contribution in [0.5, 0.6) is 0 Å². The summed E-state index contributed by atoms with van der Waals surface area (Å²) in [7, 11) is -2.53. The minimum absolute atomic E-state index is 0.359. The highest BCUT2D eigenvalue weighted by atomic mass is 32.2. The third-order valence-corrected chi connectivity index (χ3v) is 7.40. The SMILES string of the molecule is C=S(=O)(CC(C)(C)c1cn[nH]n1)c1ccc(-c2cccc(CNC(=O)OC(C)(C)C)c2)cc1. The van der Waals surface area contributed by atoms with Gasteiger partial charge in [-0.05, 0) is 71.1 Å². The van der Waals surface area contributed by atoms with Crippen molar-refractivity contribution in [3.8, 4) is 11.1 Å². The van der Waals surface area contributed by atoms with E-state index in [9.17, 15) is 9.00 Å². The van der Waals surface area contributed by atoms with E-state index in [-0.39, 0.29) is 0 Å². The number of carbonyl (C=O) groups is 1. The number of hydrogen-bond donors (Lipinski definition) is 2. The molecule has 8 heteroatoms. The van der Waals surface area contributed by atoms with Crippen molar-refractivity contribution < 1.29 is 13.7 Å². The molecule has 1 heterocycles. The predicted molar refractivity (Wildman–Crippen MR) is 133 cm³/mol. The standard InChI is InChI=1S/C25H32N4O3S/c1-24(2,3)32-23(30)26-15-18-8-7-9-20(14-18)19-10-12-21(13-11-19)33(6,31)17-25(4,5)22-16-27-29-28-22/h7-14,16H,6,15,17H2,1-5H3,(H,26,30)(H,27,28,29). The fraction of sp³-hybridized carbons (Fsp3) is 0.360. The number of nitrogens with zero attached hydrogens (tertiary/aromatic N) is 2. The summed E-state index contributed by atoms with van der Waals surface area (Å²) in [6.07, 6.45) is 1.21. The van der Waals surface area contributed by atoms with Gasteiger partial charge in [0.1, 0.15) is 5.60 Å². The molecule has 1 aromatic heterocycles. The van der Waals surface area contributed by atoms with Gasteiger partial charge in [0.2, 0.25) is 0 Å². The molecule has 0 radical (unpaired) electrons. The second-order valence-electron chi connectivity index (χ2n) is 9.78. The van der Waals surface area contributed by atoms with Crippen LogP contribution in [0.4, 0.5) is 4.79 Å². The Balaban J connectivity index is 1.71. The Bertz CT molecular complexity index is 1190. The molecular weight excluding hydrogens is 436 g/mol. The fourth-order valence-electron chi connectivity index (χ4n) is 3.51. The topological polar surface area (TPSA) is 97.0 Å². The predicted octanol–water partition coefficient (Wildman–Crippen LogP) is 4.55. The highest BCUT2D eigenvalue weighted by Gasteiger charge is 2.28. The van der Waals surface area contributed by atoms with Crippen molar-refractivity contribution in [2.24, 2.45) is 0 Å². The normalized spacial score (nSPS) is 13.8. The van der Waals surface area contributed by atoms with Crippen LogP contribution in [0.2, 0.25) is 0 Å². The van der Waals surface area contributed by atoms with E-state index < -0.39 is 26.6 Å². The lowest BCUT2D eigenvalue weighted by Gasteiger charge is -2.24. The molecular formula is C25H32N4O3S. The van der Waals surface area contributed by atoms with E-state index in [0.717, 1.165) is 22.4 Å². The molecule has 2 N–H and O–H groups in total. The number of nitrogens with one attached hydrogen (secondary N) is 2. The molecule has 7 nitrogen and oxygen atoms in total. The number of H-pyrrole nitrogens is 1. The quantitative estimate of drug-likeness (QED) is 0.496. The van der Waals surface area contributed by atoms with Gasteiger partial charge >= 0.3 is 6.09 Å². The zero-order chi connectivity index (χ0) is 24.3. The average molecular weight is 469 g/mol. The van der Waals surface area contributed by atoms with Gasteiger partial charge in [-0.1, -0.05) is 44.2 Å². The molecule has 0 saturated carbocycles. The first-order chi connectivity index (χ1) is 15.4. The number of rotatable bonds is 7. The van der Waals surface area contributed by atoms with E-state index in [1.165, 1.54) is 0 Å². The average Bonchev–Trinajstić information content (AvgIpc) is 3.27. The van der Waals surface area contributed by atoms with Crippen LogP contribution in [0.15, 0.2) is 59.6 Å². The number of amides is 1. The zero-order valence-corrected chi connectivity index (χ0v) is 20.7. The maximum atomic E-state index is 13.4. The van der Waals surface area contributed by atoms with Crippen LogP contribution in [0.3, 0.4) is 0 Å². The minimum atomic E-state index is -2.53. The van der Waals surface area contributed by atoms with Gasteiger partial charge < -0.3 is 10.1 Å². The molecule has 0 aliphatic carbocycles. The van der Waals surface area contributed by atoms with Crippen LogP contribution in [-0.2, 0) is 26.2 Å². The van der Waals surface area contributed by atoms with E-state index in [0.29, 0.717) is 17.2 Å². The molecule has 0 spiro atoms. The first kappa shape index (κ1) is 24.5. The van der Waals surface area contributed by atoms with Crippen LogP contribution < -0.4 is 5.32 Å². The summed E-state index contributed by atoms with van der Waals surface area (Å²) in [4.78, 5) is 12.6. The van der Waals surface area contributed by atoms with Gasteiger partial charge in [0.15, 0.2) is 0 Å². The number of alkyl carbamates (subject to hydrolysis) is 1. The first-order valence-electron chi connectivity index (χ1n) is 10.7. The van der Waals surface area contributed by atoms with Crippen molar-refractivity contribution >= 4 is 21.5 Å². The summed E-state index contributed by atoms with van der Waals surface area (Å²) in [5.41, 5.74) is 2.74. The van der Waals surface area contributed by atoms with Crippen LogP contribution >= 0.6 is 0 Å². The van der Waals surface area contributed by atoms with Crippen LogP contribution in [0.1, 0.15) is 45.9 Å². The van der Waals surface area contributed by atoms with Crippen molar-refractivity contribution in [2.75, 3.05) is 5.75 Å². The van der Waals surface area contributed by atoms with Crippen LogP contribution in [0, 0.1) is 0 Å². The highest BCUT2D eigenvalue weighted by molar-refractivity contribution is 8.00. The minimum Gasteiger partial charge on any atom is -0.444 e. The number of hydrogen-bond acceptors (Lipinski definition) is 5. The number of carbonyl (C=O) groups excluding carboxylic acids is 1. The Kier molecular flexibility index (Phi) is 6.97. The van der Waals surface area contributed by atoms with E-state index in [2.05, 4.69) is 26.6 Å². The first-order valence-corrected chi connectivity index (χ1v) is 12.6. The van der Waals surface area contributed by atoms with Crippen LogP contribution in [-0.4, -0.2) is 42.9 Å². The lowest BCUT2D eigenvalue weighted by atomic mass is 9.93. The highest BCUT2D eigenvalue weighted by Crippen LogP contribution is 2.28. The largest absolute Gasteiger partial charge is 0.444 e. The molecule has 3 rings (SSSR count). The van der Waals surface area contributed by atoms with Crippen molar-refractivity contribution in [3.05, 3.63) is 66.0 Å². The number of aromatic nitrogens is 3. The molecule has 1 amide bonds. The Morgan fingerprint density at radius 2 is 1.79 bits per heavy atom. The smallest absolute Gasteiger partial charge is 0.407 e. The monoisotopic (exact) mass is 468 g/mol. The van der Waals surface area contributed by atoms with Gasteiger partial charge in [-0.2, -0.15) is 15.4 Å². The third-order valence-electron chi connectivity index (χ3n) is 5.08. The van der Waals surface area contributed by atoms with Crippen molar-refractivity contribution in [2.45, 2.75) is 57.1 Å². The van der Waals surface area contributed by atoms with E-state index >= 15 is 0 Å². The Labute approximate surface area is 196 Å². The number of ether oxygens (including phenoxy) is 1. The Morgan fingerprint density at radius 1 is 1.09 bits per heavy atom. The molecule has 0 aliphatic heterocycles. The third kappa shape index (κ3) is 6.68. The fourth-order valence-corrected chi connectivity index (χ4v) is 5.62. The lowest BCUT2D eigenvalue weighted by molar-refractivity contribution is 0.0523. The summed E-state index contributed by atoms with van der Waals surface area (Å²) in [5, 5.41) is 13.4. The van der Waals surface area contributed by atoms with Gasteiger partial charge in [0.25, 0.3) is 0 Å². The lowest BCUT2D eigenvalue weighted by Crippen LogP contribution is -2.32. The maximum absolute atomic E-state index is 13.4. The molecule has 33 heavy (non-hydrogen) atoms. The maximum Gasteiger partial charge on any atom is 0.407 e. The van der Waals surface area contributed by atoms with Gasteiger partial charge in [0, 0.05) is 22.6 Å². The molecule has 1 unspecified atom stereocenters. The molecule has 0 fully saturated rings. The Hall–Kier alpha value is -3.13. The van der Waals surface area contributed by atoms with E-state index in [1.54, 1.807) is 6.20 Å². The molecule has 0 bridgehead atoms. The molecule has 0 saturated heterocycles. The van der Waals surface area contributed by atoms with Crippen molar-refractivity contribution in [3.63, 3.8) is 0 Å². The van der Waals surface area contributed by atoms with Gasteiger partial charge in [-0.25, -0.2) is 4.79 Å². The second-order valence-corrected chi connectivity index (χ2v) is 12.2. The van der Waals surface area contributed by atoms with Crippen LogP contribution in [0.25, 0.3) is 11.1 Å². The summed E-state index contributed by atoms with van der Waals surface area (Å²) >= 11 is 0. The molecule has 1 atom stereocenters. The van der Waals surface area contributed by atoms with Crippen molar-refractivity contribution in [1.82, 2.24) is 20.7 Å². The Morgan fingerprint density at radius 3 is 2.39 bits per heavy atom.